The Balaban J connectivity index is 1.25. The third kappa shape index (κ3) is 3.63. The van der Waals surface area contributed by atoms with E-state index in [1.165, 1.54) is 104 Å². The normalized spacial score (nSPS) is 12.2. The van der Waals surface area contributed by atoms with Crippen molar-refractivity contribution in [2.45, 2.75) is 0 Å². The van der Waals surface area contributed by atoms with Gasteiger partial charge in [0.25, 0.3) is 0 Å². The summed E-state index contributed by atoms with van der Waals surface area (Å²) < 4.78 is 5.04. The molecule has 0 aliphatic heterocycles. The number of benzene rings is 9. The molecule has 2 heterocycles. The van der Waals surface area contributed by atoms with E-state index >= 15 is 0 Å². The standard InChI is InChI=1S/C50H30N2/c1-2-12-31(13-3-1)34-17-8-18-35(30-34)51-44-28-26-32-14-4-5-19-36(32)47(44)41-27-29-45-49(50(41)51)39-20-6-7-24-42(39)52(45)43-25-11-22-38-37-21-9-15-33-16-10-23-40(46(33)37)48(38)43/h1-30H. The predicted octanol–water partition coefficient (Wildman–Crippen LogP) is 13.5. The first-order valence-electron chi connectivity index (χ1n) is 18.0. The molecule has 9 aromatic carbocycles. The maximum absolute atomic E-state index is 2.52. The monoisotopic (exact) mass is 658 g/mol. The Morgan fingerprint density at radius 3 is 1.90 bits per heavy atom. The van der Waals surface area contributed by atoms with E-state index in [2.05, 4.69) is 191 Å². The van der Waals surface area contributed by atoms with Crippen molar-refractivity contribution >= 4 is 65.2 Å². The van der Waals surface area contributed by atoms with Crippen LogP contribution >= 0.6 is 0 Å². The van der Waals surface area contributed by atoms with Gasteiger partial charge in [0.2, 0.25) is 0 Å². The Hall–Kier alpha value is -6.90. The van der Waals surface area contributed by atoms with Gasteiger partial charge in [0.1, 0.15) is 0 Å². The first-order valence-corrected chi connectivity index (χ1v) is 18.0. The van der Waals surface area contributed by atoms with E-state index in [9.17, 15) is 0 Å². The number of para-hydroxylation sites is 1. The third-order valence-corrected chi connectivity index (χ3v) is 11.4. The van der Waals surface area contributed by atoms with Gasteiger partial charge in [-0.25, -0.2) is 0 Å². The van der Waals surface area contributed by atoms with Gasteiger partial charge in [-0.05, 0) is 85.8 Å². The lowest BCUT2D eigenvalue weighted by atomic mass is 10.0. The smallest absolute Gasteiger partial charge is 0.0641 e. The molecule has 0 radical (unpaired) electrons. The van der Waals surface area contributed by atoms with Crippen LogP contribution < -0.4 is 0 Å². The molecule has 0 bridgehead atoms. The number of rotatable bonds is 3. The molecule has 2 heteroatoms. The second-order valence-corrected chi connectivity index (χ2v) is 14.0. The van der Waals surface area contributed by atoms with Gasteiger partial charge >= 0.3 is 0 Å². The molecule has 240 valence electrons. The minimum Gasteiger partial charge on any atom is -0.309 e. The molecule has 0 saturated heterocycles. The SMILES string of the molecule is c1ccc(-c2cccc(-n3c4ccc5ccccc5c4c4ccc5c(c6ccccc6n5-c5cccc6c5-c5cccc7cccc-6c57)c43)c2)cc1. The Bertz CT molecular complexity index is 3280. The minimum absolute atomic E-state index is 1.16. The molecule has 0 atom stereocenters. The fourth-order valence-electron chi connectivity index (χ4n) is 9.32. The molecule has 0 saturated carbocycles. The Labute approximate surface area is 300 Å². The van der Waals surface area contributed by atoms with E-state index in [1.807, 2.05) is 0 Å². The van der Waals surface area contributed by atoms with Crippen LogP contribution in [0, 0.1) is 0 Å². The van der Waals surface area contributed by atoms with Crippen molar-refractivity contribution in [1.29, 1.82) is 0 Å². The highest BCUT2D eigenvalue weighted by Crippen LogP contribution is 2.51. The molecule has 12 rings (SSSR count). The summed E-state index contributed by atoms with van der Waals surface area (Å²) in [5, 5.41) is 10.2. The average Bonchev–Trinajstić information content (AvgIpc) is 3.85. The van der Waals surface area contributed by atoms with Crippen molar-refractivity contribution in [3.63, 3.8) is 0 Å². The van der Waals surface area contributed by atoms with E-state index in [-0.39, 0.29) is 0 Å². The molecule has 52 heavy (non-hydrogen) atoms. The van der Waals surface area contributed by atoms with Crippen LogP contribution in [0.15, 0.2) is 182 Å². The summed E-state index contributed by atoms with van der Waals surface area (Å²) in [7, 11) is 0. The highest BCUT2D eigenvalue weighted by molar-refractivity contribution is 6.30. The second-order valence-electron chi connectivity index (χ2n) is 14.0. The molecular formula is C50H30N2. The van der Waals surface area contributed by atoms with Crippen molar-refractivity contribution in [2.75, 3.05) is 0 Å². The van der Waals surface area contributed by atoms with Crippen LogP contribution in [0.1, 0.15) is 0 Å². The lowest BCUT2D eigenvalue weighted by Gasteiger charge is -2.15. The Morgan fingerprint density at radius 2 is 1.00 bits per heavy atom. The van der Waals surface area contributed by atoms with Crippen molar-refractivity contribution in [2.24, 2.45) is 0 Å². The number of hydrogen-bond donors (Lipinski definition) is 0. The quantitative estimate of drug-likeness (QED) is 0.179. The number of nitrogens with zero attached hydrogens (tertiary/aromatic N) is 2. The van der Waals surface area contributed by atoms with Gasteiger partial charge in [0, 0.05) is 32.8 Å². The van der Waals surface area contributed by atoms with Crippen LogP contribution in [0.2, 0.25) is 0 Å². The van der Waals surface area contributed by atoms with Crippen LogP contribution in [-0.4, -0.2) is 9.13 Å². The van der Waals surface area contributed by atoms with Gasteiger partial charge in [-0.1, -0.05) is 146 Å². The third-order valence-electron chi connectivity index (χ3n) is 11.4. The topological polar surface area (TPSA) is 9.86 Å². The summed E-state index contributed by atoms with van der Waals surface area (Å²) >= 11 is 0. The van der Waals surface area contributed by atoms with Crippen LogP contribution in [0.4, 0.5) is 0 Å². The summed E-state index contributed by atoms with van der Waals surface area (Å²) in [5.74, 6) is 0. The predicted molar refractivity (Wildman–Crippen MR) is 220 cm³/mol. The largest absolute Gasteiger partial charge is 0.309 e. The molecule has 2 nitrogen and oxygen atoms in total. The molecule has 0 spiro atoms. The van der Waals surface area contributed by atoms with Crippen LogP contribution in [0.25, 0.3) is 110 Å². The molecule has 1 aliphatic carbocycles. The molecule has 2 aromatic heterocycles. The van der Waals surface area contributed by atoms with E-state index in [0.717, 1.165) is 5.69 Å². The molecule has 11 aromatic rings. The van der Waals surface area contributed by atoms with Gasteiger partial charge in [0.15, 0.2) is 0 Å². The lowest BCUT2D eigenvalue weighted by Crippen LogP contribution is -1.97. The fourth-order valence-corrected chi connectivity index (χ4v) is 9.32. The number of hydrogen-bond acceptors (Lipinski definition) is 0. The highest BCUT2D eigenvalue weighted by Gasteiger charge is 2.27. The Morgan fingerprint density at radius 1 is 0.327 bits per heavy atom. The average molecular weight is 659 g/mol. The summed E-state index contributed by atoms with van der Waals surface area (Å²) in [6.07, 6.45) is 0. The van der Waals surface area contributed by atoms with Gasteiger partial charge in [0.05, 0.1) is 27.8 Å². The van der Waals surface area contributed by atoms with Gasteiger partial charge in [-0.3, -0.25) is 0 Å². The van der Waals surface area contributed by atoms with Crippen molar-refractivity contribution < 1.29 is 0 Å². The zero-order valence-corrected chi connectivity index (χ0v) is 28.2. The van der Waals surface area contributed by atoms with Crippen LogP contribution in [0.5, 0.6) is 0 Å². The summed E-state index contributed by atoms with van der Waals surface area (Å²) in [5.41, 5.74) is 14.9. The lowest BCUT2D eigenvalue weighted by molar-refractivity contribution is 1.18. The van der Waals surface area contributed by atoms with Gasteiger partial charge in [-0.2, -0.15) is 0 Å². The van der Waals surface area contributed by atoms with E-state index in [4.69, 9.17) is 0 Å². The minimum atomic E-state index is 1.16. The van der Waals surface area contributed by atoms with Crippen LogP contribution in [-0.2, 0) is 0 Å². The van der Waals surface area contributed by atoms with Gasteiger partial charge < -0.3 is 9.13 Å². The van der Waals surface area contributed by atoms with Crippen LogP contribution in [0.3, 0.4) is 0 Å². The van der Waals surface area contributed by atoms with E-state index in [1.54, 1.807) is 0 Å². The van der Waals surface area contributed by atoms with E-state index < -0.39 is 0 Å². The summed E-state index contributed by atoms with van der Waals surface area (Å²) in [6, 6.07) is 67.2. The van der Waals surface area contributed by atoms with Gasteiger partial charge in [-0.15, -0.1) is 0 Å². The first-order chi connectivity index (χ1) is 25.8. The number of aromatic nitrogens is 2. The molecule has 0 N–H and O–H groups in total. The van der Waals surface area contributed by atoms with Crippen molar-refractivity contribution in [1.82, 2.24) is 9.13 Å². The zero-order valence-electron chi connectivity index (χ0n) is 28.2. The maximum Gasteiger partial charge on any atom is 0.0641 e. The molecule has 1 aliphatic rings. The summed E-state index contributed by atoms with van der Waals surface area (Å²) in [4.78, 5) is 0. The second kappa shape index (κ2) is 10.3. The molecule has 0 unspecified atom stereocenters. The molecule has 0 fully saturated rings. The molecular weight excluding hydrogens is 629 g/mol. The highest BCUT2D eigenvalue weighted by atomic mass is 15.0. The number of fused-ring (bicyclic) bond motifs is 12. The Kier molecular flexibility index (Phi) is 5.53. The van der Waals surface area contributed by atoms with E-state index in [0.29, 0.717) is 0 Å². The fraction of sp³-hybridized carbons (Fsp3) is 0. The maximum atomic E-state index is 2.52. The zero-order chi connectivity index (χ0) is 33.9. The summed E-state index contributed by atoms with van der Waals surface area (Å²) in [6.45, 7) is 0. The van der Waals surface area contributed by atoms with Crippen molar-refractivity contribution in [3.8, 4) is 44.8 Å². The van der Waals surface area contributed by atoms with Crippen molar-refractivity contribution in [3.05, 3.63) is 182 Å². The first kappa shape index (κ1) is 27.9. The molecule has 0 amide bonds.